The molecule has 7 heteroatoms. The molecule has 0 atom stereocenters. The predicted molar refractivity (Wildman–Crippen MR) is 9.97 cm³/mol. The maximum atomic E-state index is 8.63. The Hall–Kier alpha value is -0.192. The Kier molecular flexibility index (Phi) is 9.01. The summed E-state index contributed by atoms with van der Waals surface area (Å²) in [5.41, 5.74) is 0. The van der Waals surface area contributed by atoms with Gasteiger partial charge in [0.05, 0.1) is 0 Å². The SMILES string of the molecule is O.O.[O]=[Mo](=[O])(=[O])=[O]. The van der Waals surface area contributed by atoms with Gasteiger partial charge >= 0.3 is 29.5 Å². The zero-order valence-corrected chi connectivity index (χ0v) is 5.05. The summed E-state index contributed by atoms with van der Waals surface area (Å²) in [6.45, 7) is 0. The molecule has 0 aliphatic heterocycles. The average Bonchev–Trinajstić information content (AvgIpc) is 0.722. The van der Waals surface area contributed by atoms with Crippen molar-refractivity contribution in [2.75, 3.05) is 0 Å². The summed E-state index contributed by atoms with van der Waals surface area (Å²) in [4.78, 5) is 0. The first kappa shape index (κ1) is 15.8. The number of rotatable bonds is 0. The molecule has 0 spiro atoms. The molecule has 0 aliphatic carbocycles. The van der Waals surface area contributed by atoms with Crippen molar-refractivity contribution < 1.29 is 40.5 Å². The molecule has 6 nitrogen and oxygen atoms in total. The van der Waals surface area contributed by atoms with Crippen molar-refractivity contribution in [3.8, 4) is 0 Å². The molecule has 0 unspecified atom stereocenters. The van der Waals surface area contributed by atoms with Gasteiger partial charge in [0.25, 0.3) is 0 Å². The van der Waals surface area contributed by atoms with E-state index in [1.54, 1.807) is 0 Å². The monoisotopic (exact) mass is 198 g/mol. The van der Waals surface area contributed by atoms with Crippen molar-refractivity contribution >= 4 is 0 Å². The molecule has 4 N–H and O–H groups in total. The second-order valence-electron chi connectivity index (χ2n) is 0.408. The van der Waals surface area contributed by atoms with E-state index >= 15 is 0 Å². The van der Waals surface area contributed by atoms with E-state index in [1.165, 1.54) is 0 Å². The molecule has 0 radical (unpaired) electrons. The Morgan fingerprint density at radius 1 is 0.714 bits per heavy atom. The van der Waals surface area contributed by atoms with Crippen LogP contribution in [0, 0.1) is 0 Å². The topological polar surface area (TPSA) is 131 Å². The summed E-state index contributed by atoms with van der Waals surface area (Å²) in [7, 11) is 0. The normalized spacial score (nSPS) is 5.71. The van der Waals surface area contributed by atoms with Gasteiger partial charge in [-0.25, -0.2) is 0 Å². The van der Waals surface area contributed by atoms with Crippen LogP contribution in [-0.4, -0.2) is 11.0 Å². The first-order chi connectivity index (χ1) is 2.00. The van der Waals surface area contributed by atoms with Gasteiger partial charge in [-0.15, -0.1) is 0 Å². The van der Waals surface area contributed by atoms with Gasteiger partial charge in [0.15, 0.2) is 0 Å². The van der Waals surface area contributed by atoms with Gasteiger partial charge in [0.2, 0.25) is 0 Å². The third-order valence-corrected chi connectivity index (χ3v) is 0. The molecule has 0 amide bonds. The van der Waals surface area contributed by atoms with Crippen LogP contribution >= 0.6 is 0 Å². The van der Waals surface area contributed by atoms with Crippen molar-refractivity contribution in [1.29, 1.82) is 0 Å². The third kappa shape index (κ3) is 2290. The van der Waals surface area contributed by atoms with E-state index in [0.717, 1.165) is 0 Å². The zero-order chi connectivity index (χ0) is 4.50. The Labute approximate surface area is 41.2 Å². The first-order valence-electron chi connectivity index (χ1n) is 0.667. The minimum absolute atomic E-state index is 0. The van der Waals surface area contributed by atoms with Gasteiger partial charge in [-0.1, -0.05) is 0 Å². The Morgan fingerprint density at radius 2 is 0.714 bits per heavy atom. The summed E-state index contributed by atoms with van der Waals surface area (Å²) in [5, 5.41) is 0. The Morgan fingerprint density at radius 3 is 0.714 bits per heavy atom. The van der Waals surface area contributed by atoms with Crippen LogP contribution in [0.25, 0.3) is 0 Å². The molecule has 7 heavy (non-hydrogen) atoms. The standard InChI is InChI=1S/Mo.2H2O.4O/h;2*1H2;;;;. The molecule has 0 saturated carbocycles. The zero-order valence-electron chi connectivity index (χ0n) is 3.04. The van der Waals surface area contributed by atoms with Gasteiger partial charge in [-0.05, 0) is 0 Å². The molecular weight excluding hydrogens is 192 g/mol. The second-order valence-corrected chi connectivity index (χ2v) is 2.42. The van der Waals surface area contributed by atoms with Crippen LogP contribution in [0.5, 0.6) is 0 Å². The van der Waals surface area contributed by atoms with Crippen LogP contribution in [0.2, 0.25) is 0 Å². The summed E-state index contributed by atoms with van der Waals surface area (Å²) in [6, 6.07) is 0. The molecule has 0 saturated heterocycles. The molecular formula is H4MoO6. The minimum atomic E-state index is -6.02. The molecule has 0 heterocycles. The van der Waals surface area contributed by atoms with Crippen LogP contribution < -0.4 is 0 Å². The molecule has 0 rings (SSSR count). The first-order valence-corrected chi connectivity index (χ1v) is 3.94. The van der Waals surface area contributed by atoms with Gasteiger partial charge in [-0.2, -0.15) is 0 Å². The molecule has 0 fully saturated rings. The van der Waals surface area contributed by atoms with E-state index in [-0.39, 0.29) is 11.0 Å². The molecule has 0 aromatic carbocycles. The fraction of sp³-hybridized carbons (Fsp3) is 0. The van der Waals surface area contributed by atoms with Gasteiger partial charge < -0.3 is 11.0 Å². The van der Waals surface area contributed by atoms with E-state index in [4.69, 9.17) is 13.6 Å². The fourth-order valence-corrected chi connectivity index (χ4v) is 0. The fourth-order valence-electron chi connectivity index (χ4n) is 0. The van der Waals surface area contributed by atoms with Crippen LogP contribution in [0.3, 0.4) is 0 Å². The predicted octanol–water partition coefficient (Wildman–Crippen LogP) is -2.13. The quantitative estimate of drug-likeness (QED) is 0.409. The second kappa shape index (κ2) is 3.98. The number of hydrogen-bond acceptors (Lipinski definition) is 4. The van der Waals surface area contributed by atoms with E-state index in [9.17, 15) is 0 Å². The summed E-state index contributed by atoms with van der Waals surface area (Å²) >= 11 is -6.02. The Balaban J connectivity index is -0.0000000800. The number of hydrogen-bond donors (Lipinski definition) is 0. The van der Waals surface area contributed by atoms with Gasteiger partial charge in [0, 0.05) is 0 Å². The van der Waals surface area contributed by atoms with E-state index < -0.39 is 15.9 Å². The molecule has 0 aromatic rings. The van der Waals surface area contributed by atoms with Crippen molar-refractivity contribution in [3.05, 3.63) is 0 Å². The van der Waals surface area contributed by atoms with Crippen LogP contribution in [-0.2, 0) is 29.5 Å². The van der Waals surface area contributed by atoms with E-state index in [1.807, 2.05) is 0 Å². The van der Waals surface area contributed by atoms with Crippen LogP contribution in [0.15, 0.2) is 0 Å². The Bertz CT molecular complexity index is 155. The van der Waals surface area contributed by atoms with Crippen LogP contribution in [0.4, 0.5) is 0 Å². The van der Waals surface area contributed by atoms with Crippen molar-refractivity contribution in [1.82, 2.24) is 0 Å². The molecule has 0 aromatic heterocycles. The molecule has 0 bridgehead atoms. The summed E-state index contributed by atoms with van der Waals surface area (Å²) < 4.78 is 34.5. The van der Waals surface area contributed by atoms with Crippen molar-refractivity contribution in [2.24, 2.45) is 0 Å². The van der Waals surface area contributed by atoms with Gasteiger partial charge in [-0.3, -0.25) is 0 Å². The van der Waals surface area contributed by atoms with Crippen molar-refractivity contribution in [3.63, 3.8) is 0 Å². The molecule has 0 aliphatic rings. The summed E-state index contributed by atoms with van der Waals surface area (Å²) in [6.07, 6.45) is 0. The van der Waals surface area contributed by atoms with Crippen molar-refractivity contribution in [2.45, 2.75) is 0 Å². The van der Waals surface area contributed by atoms with Gasteiger partial charge in [0.1, 0.15) is 0 Å². The van der Waals surface area contributed by atoms with E-state index in [2.05, 4.69) is 0 Å². The average molecular weight is 196 g/mol. The molecule has 46 valence electrons. The maximum absolute atomic E-state index is 8.63. The summed E-state index contributed by atoms with van der Waals surface area (Å²) in [5.74, 6) is 0. The van der Waals surface area contributed by atoms with Crippen LogP contribution in [0.1, 0.15) is 0 Å². The van der Waals surface area contributed by atoms with E-state index in [0.29, 0.717) is 0 Å². The third-order valence-electron chi connectivity index (χ3n) is 0.